The first kappa shape index (κ1) is 25.1. The largest absolute Gasteiger partial charge is 0.389 e. The van der Waals surface area contributed by atoms with Crippen molar-refractivity contribution in [3.05, 3.63) is 94.4 Å². The lowest BCUT2D eigenvalue weighted by Crippen LogP contribution is -2.38. The quantitative estimate of drug-likeness (QED) is 0.334. The van der Waals surface area contributed by atoms with Gasteiger partial charge in [0.05, 0.1) is 17.6 Å². The molecule has 3 N–H and O–H groups in total. The van der Waals surface area contributed by atoms with E-state index in [1.54, 1.807) is 57.3 Å². The Hall–Kier alpha value is -4.04. The molecule has 0 aliphatic heterocycles. The number of nitrogens with one attached hydrogen (secondary N) is 2. The third-order valence-corrected chi connectivity index (χ3v) is 6.16. The summed E-state index contributed by atoms with van der Waals surface area (Å²) in [6.07, 6.45) is 1.03. The molecule has 8 nitrogen and oxygen atoms in total. The summed E-state index contributed by atoms with van der Waals surface area (Å²) in [5, 5.41) is 16.7. The highest BCUT2D eigenvalue weighted by atomic mass is 16.3. The van der Waals surface area contributed by atoms with E-state index in [1.165, 1.54) is 10.6 Å². The van der Waals surface area contributed by atoms with Gasteiger partial charge in [-0.15, -0.1) is 0 Å². The second-order valence-corrected chi connectivity index (χ2v) is 9.65. The standard InChI is InChI=1S/C28H31N5O3/c1-18(20-9-6-5-7-10-20)30-27-29-16-22-13-14-24(35)33(25(22)32-27)17-28(3,4)26(36)31-23-12-8-11-21(15-23)19(2)34/h5-16,18-19,34H,17H2,1-4H3,(H,31,36)(H,29,30,32)/t18-,19?/m0/s1. The smallest absolute Gasteiger partial charge is 0.252 e. The van der Waals surface area contributed by atoms with Crippen molar-refractivity contribution in [3.63, 3.8) is 0 Å². The van der Waals surface area contributed by atoms with E-state index in [-0.39, 0.29) is 24.1 Å². The lowest BCUT2D eigenvalue weighted by Gasteiger charge is -2.25. The van der Waals surface area contributed by atoms with Gasteiger partial charge < -0.3 is 15.7 Å². The molecule has 0 aliphatic rings. The minimum absolute atomic E-state index is 0.0350. The Morgan fingerprint density at radius 2 is 1.75 bits per heavy atom. The molecule has 2 aromatic heterocycles. The summed E-state index contributed by atoms with van der Waals surface area (Å²) in [6, 6.07) is 20.1. The third kappa shape index (κ3) is 5.60. The number of rotatable bonds is 8. The molecule has 2 aromatic carbocycles. The number of fused-ring (bicyclic) bond motifs is 1. The number of nitrogens with zero attached hydrogens (tertiary/aromatic N) is 3. The lowest BCUT2D eigenvalue weighted by atomic mass is 9.91. The van der Waals surface area contributed by atoms with E-state index in [4.69, 9.17) is 0 Å². The highest BCUT2D eigenvalue weighted by Gasteiger charge is 2.30. The minimum atomic E-state index is -0.936. The van der Waals surface area contributed by atoms with Gasteiger partial charge in [-0.2, -0.15) is 4.98 Å². The summed E-state index contributed by atoms with van der Waals surface area (Å²) in [4.78, 5) is 35.1. The van der Waals surface area contributed by atoms with Crippen LogP contribution in [0.2, 0.25) is 0 Å². The van der Waals surface area contributed by atoms with Crippen molar-refractivity contribution in [2.24, 2.45) is 5.41 Å². The van der Waals surface area contributed by atoms with E-state index >= 15 is 0 Å². The maximum absolute atomic E-state index is 13.2. The number of hydrogen-bond acceptors (Lipinski definition) is 6. The van der Waals surface area contributed by atoms with Crippen molar-refractivity contribution >= 4 is 28.6 Å². The molecular formula is C28H31N5O3. The van der Waals surface area contributed by atoms with Crippen molar-refractivity contribution in [1.29, 1.82) is 0 Å². The maximum atomic E-state index is 13.2. The Kier molecular flexibility index (Phi) is 7.17. The molecule has 4 rings (SSSR count). The summed E-state index contributed by atoms with van der Waals surface area (Å²) < 4.78 is 1.52. The Labute approximate surface area is 210 Å². The summed E-state index contributed by atoms with van der Waals surface area (Å²) in [5.74, 6) is 0.148. The maximum Gasteiger partial charge on any atom is 0.252 e. The third-order valence-electron chi connectivity index (χ3n) is 6.16. The number of amides is 1. The molecular weight excluding hydrogens is 454 g/mol. The van der Waals surface area contributed by atoms with Crippen LogP contribution < -0.4 is 16.2 Å². The molecule has 1 amide bonds. The molecule has 1 unspecified atom stereocenters. The molecule has 0 saturated heterocycles. The summed E-state index contributed by atoms with van der Waals surface area (Å²) in [5.41, 5.74) is 1.65. The molecule has 4 aromatic rings. The van der Waals surface area contributed by atoms with Crippen LogP contribution in [-0.2, 0) is 11.3 Å². The van der Waals surface area contributed by atoms with Crippen LogP contribution in [0.3, 0.4) is 0 Å². The molecule has 0 spiro atoms. The number of benzene rings is 2. The Balaban J connectivity index is 1.60. The highest BCUT2D eigenvalue weighted by molar-refractivity contribution is 5.95. The average Bonchev–Trinajstić information content (AvgIpc) is 2.86. The molecule has 0 radical (unpaired) electrons. The van der Waals surface area contributed by atoms with Crippen LogP contribution in [0.5, 0.6) is 0 Å². The van der Waals surface area contributed by atoms with Gasteiger partial charge in [-0.05, 0) is 57.0 Å². The molecule has 0 fully saturated rings. The number of carbonyl (C=O) groups is 1. The number of anilines is 2. The van der Waals surface area contributed by atoms with Gasteiger partial charge in [0.15, 0.2) is 0 Å². The number of carbonyl (C=O) groups excluding carboxylic acids is 1. The van der Waals surface area contributed by atoms with Gasteiger partial charge in [0.1, 0.15) is 5.65 Å². The van der Waals surface area contributed by atoms with E-state index < -0.39 is 11.5 Å². The number of aliphatic hydroxyl groups excluding tert-OH is 1. The minimum Gasteiger partial charge on any atom is -0.389 e. The van der Waals surface area contributed by atoms with Gasteiger partial charge in [-0.1, -0.05) is 42.5 Å². The number of hydrogen-bond donors (Lipinski definition) is 3. The summed E-state index contributed by atoms with van der Waals surface area (Å²) >= 11 is 0. The number of aromatic nitrogens is 3. The van der Waals surface area contributed by atoms with Gasteiger partial charge in [0.25, 0.3) is 5.56 Å². The van der Waals surface area contributed by atoms with E-state index in [0.717, 1.165) is 5.56 Å². The molecule has 0 saturated carbocycles. The first-order chi connectivity index (χ1) is 17.1. The molecule has 0 aliphatic carbocycles. The van der Waals surface area contributed by atoms with Crippen LogP contribution in [0.25, 0.3) is 11.0 Å². The lowest BCUT2D eigenvalue weighted by molar-refractivity contribution is -0.124. The monoisotopic (exact) mass is 485 g/mol. The van der Waals surface area contributed by atoms with Gasteiger partial charge in [-0.25, -0.2) is 4.98 Å². The zero-order chi connectivity index (χ0) is 25.9. The predicted octanol–water partition coefficient (Wildman–Crippen LogP) is 4.68. The van der Waals surface area contributed by atoms with E-state index in [9.17, 15) is 14.7 Å². The van der Waals surface area contributed by atoms with E-state index in [1.807, 2.05) is 37.3 Å². The number of pyridine rings is 1. The van der Waals surface area contributed by atoms with E-state index in [0.29, 0.717) is 28.2 Å². The van der Waals surface area contributed by atoms with Crippen molar-refractivity contribution < 1.29 is 9.90 Å². The van der Waals surface area contributed by atoms with Gasteiger partial charge in [-0.3, -0.25) is 14.2 Å². The van der Waals surface area contributed by atoms with Crippen LogP contribution >= 0.6 is 0 Å². The highest BCUT2D eigenvalue weighted by Crippen LogP contribution is 2.25. The fraction of sp³-hybridized carbons (Fsp3) is 0.286. The van der Waals surface area contributed by atoms with Gasteiger partial charge in [0, 0.05) is 29.9 Å². The van der Waals surface area contributed by atoms with Crippen LogP contribution in [0, 0.1) is 5.41 Å². The fourth-order valence-electron chi connectivity index (χ4n) is 3.96. The van der Waals surface area contributed by atoms with Gasteiger partial charge in [0.2, 0.25) is 11.9 Å². The summed E-state index contributed by atoms with van der Waals surface area (Å²) in [6.45, 7) is 7.37. The molecule has 186 valence electrons. The first-order valence-corrected chi connectivity index (χ1v) is 11.9. The van der Waals surface area contributed by atoms with Crippen molar-refractivity contribution in [3.8, 4) is 0 Å². The van der Waals surface area contributed by atoms with Crippen LogP contribution in [0.4, 0.5) is 11.6 Å². The van der Waals surface area contributed by atoms with Gasteiger partial charge >= 0.3 is 0 Å². The van der Waals surface area contributed by atoms with Crippen molar-refractivity contribution in [2.75, 3.05) is 10.6 Å². The average molecular weight is 486 g/mol. The molecule has 0 bridgehead atoms. The van der Waals surface area contributed by atoms with Crippen molar-refractivity contribution in [1.82, 2.24) is 14.5 Å². The Morgan fingerprint density at radius 1 is 1.03 bits per heavy atom. The fourth-order valence-corrected chi connectivity index (χ4v) is 3.96. The second kappa shape index (κ2) is 10.3. The molecule has 8 heteroatoms. The van der Waals surface area contributed by atoms with E-state index in [2.05, 4.69) is 20.6 Å². The van der Waals surface area contributed by atoms with Crippen molar-refractivity contribution in [2.45, 2.75) is 46.4 Å². The zero-order valence-corrected chi connectivity index (χ0v) is 20.9. The van der Waals surface area contributed by atoms with Crippen LogP contribution in [-0.4, -0.2) is 25.5 Å². The predicted molar refractivity (Wildman–Crippen MR) is 142 cm³/mol. The Bertz CT molecular complexity index is 1430. The second-order valence-electron chi connectivity index (χ2n) is 9.65. The molecule has 2 atom stereocenters. The van der Waals surface area contributed by atoms with Crippen LogP contribution in [0.15, 0.2) is 77.7 Å². The summed E-state index contributed by atoms with van der Waals surface area (Å²) in [7, 11) is 0. The first-order valence-electron chi connectivity index (χ1n) is 11.9. The zero-order valence-electron chi connectivity index (χ0n) is 20.9. The van der Waals surface area contributed by atoms with Crippen LogP contribution in [0.1, 0.15) is 51.0 Å². The SMILES string of the molecule is CC(O)c1cccc(NC(=O)C(C)(C)Cn2c(=O)ccc3cnc(N[C@@H](C)c4ccccc4)nc32)c1. The molecule has 2 heterocycles. The normalized spacial score (nSPS) is 13.2. The molecule has 36 heavy (non-hydrogen) atoms. The topological polar surface area (TPSA) is 109 Å². The Morgan fingerprint density at radius 3 is 2.47 bits per heavy atom. The number of aliphatic hydroxyl groups is 1.